The summed E-state index contributed by atoms with van der Waals surface area (Å²) in [6, 6.07) is 9.13. The number of hydrogen-bond acceptors (Lipinski definition) is 9. The molecular formula is C26H26FN7O4S. The number of H-pyrrole nitrogens is 1. The molecule has 0 fully saturated rings. The normalized spacial score (nSPS) is 18.9. The van der Waals surface area contributed by atoms with Gasteiger partial charge in [-0.2, -0.15) is 10.2 Å². The molecule has 2 atom stereocenters. The van der Waals surface area contributed by atoms with Gasteiger partial charge in [-0.1, -0.05) is 0 Å². The number of aliphatic hydroxyl groups is 2. The Morgan fingerprint density at radius 3 is 2.87 bits per heavy atom. The number of thiophene rings is 1. The number of carbonyl (C=O) groups excluding carboxylic acids is 1. The summed E-state index contributed by atoms with van der Waals surface area (Å²) in [7, 11) is 2.03. The van der Waals surface area contributed by atoms with Gasteiger partial charge in [0, 0.05) is 29.6 Å². The SMILES string of the molecule is CN1CCn2nc(Nc3cc(-c4ccc(F)c(NC(=O)c5cc6c(s5)CC[C@@H](O)[C@@H]6O)c4)n[nH]c3=O)cc2C1. The number of nitrogens with zero attached hydrogens (tertiary/aromatic N) is 4. The quantitative estimate of drug-likeness (QED) is 0.254. The molecule has 1 amide bonds. The lowest BCUT2D eigenvalue weighted by atomic mass is 9.93. The van der Waals surface area contributed by atoms with E-state index < -0.39 is 29.5 Å². The zero-order valence-electron chi connectivity index (χ0n) is 20.9. The lowest BCUT2D eigenvalue weighted by molar-refractivity contribution is 0.00724. The predicted molar refractivity (Wildman–Crippen MR) is 144 cm³/mol. The number of aliphatic hydroxyl groups excluding tert-OH is 2. The number of likely N-dealkylation sites (N-methyl/N-ethyl adjacent to an activating group) is 1. The maximum Gasteiger partial charge on any atom is 0.287 e. The summed E-state index contributed by atoms with van der Waals surface area (Å²) in [6.45, 7) is 2.40. The molecule has 4 heterocycles. The highest BCUT2D eigenvalue weighted by Gasteiger charge is 2.29. The highest BCUT2D eigenvalue weighted by molar-refractivity contribution is 7.14. The van der Waals surface area contributed by atoms with Crippen molar-refractivity contribution in [1.29, 1.82) is 0 Å². The fourth-order valence-electron chi connectivity index (χ4n) is 4.85. The molecule has 1 aliphatic heterocycles. The summed E-state index contributed by atoms with van der Waals surface area (Å²) in [4.78, 5) is 28.7. The lowest BCUT2D eigenvalue weighted by Gasteiger charge is -2.23. The molecule has 202 valence electrons. The van der Waals surface area contributed by atoms with Crippen molar-refractivity contribution in [3.05, 3.63) is 73.6 Å². The van der Waals surface area contributed by atoms with Crippen molar-refractivity contribution >= 4 is 34.4 Å². The molecule has 0 spiro atoms. The zero-order chi connectivity index (χ0) is 27.3. The van der Waals surface area contributed by atoms with Crippen LogP contribution in [0.1, 0.15) is 38.3 Å². The van der Waals surface area contributed by atoms with Gasteiger partial charge in [-0.25, -0.2) is 9.49 Å². The number of aromatic amines is 1. The van der Waals surface area contributed by atoms with Crippen LogP contribution in [-0.2, 0) is 19.5 Å². The fourth-order valence-corrected chi connectivity index (χ4v) is 5.96. The molecule has 1 aromatic carbocycles. The molecule has 0 unspecified atom stereocenters. The number of halogens is 1. The molecule has 13 heteroatoms. The van der Waals surface area contributed by atoms with Crippen molar-refractivity contribution in [2.24, 2.45) is 0 Å². The van der Waals surface area contributed by atoms with Crippen molar-refractivity contribution in [3.8, 4) is 11.3 Å². The van der Waals surface area contributed by atoms with Crippen LogP contribution >= 0.6 is 11.3 Å². The third kappa shape index (κ3) is 4.96. The summed E-state index contributed by atoms with van der Waals surface area (Å²) < 4.78 is 16.6. The summed E-state index contributed by atoms with van der Waals surface area (Å²) in [5, 5.41) is 36.9. The fraction of sp³-hybridized carbons (Fsp3) is 0.308. The Bertz CT molecular complexity index is 1630. The van der Waals surface area contributed by atoms with E-state index >= 15 is 0 Å². The average molecular weight is 552 g/mol. The number of rotatable bonds is 5. The molecule has 5 N–H and O–H groups in total. The van der Waals surface area contributed by atoms with Gasteiger partial charge in [-0.05, 0) is 55.8 Å². The van der Waals surface area contributed by atoms with Gasteiger partial charge in [0.2, 0.25) is 0 Å². The molecular weight excluding hydrogens is 525 g/mol. The number of carbonyl (C=O) groups is 1. The van der Waals surface area contributed by atoms with E-state index in [2.05, 4.69) is 30.8 Å². The second-order valence-corrected chi connectivity index (χ2v) is 10.9. The first kappa shape index (κ1) is 25.4. The van der Waals surface area contributed by atoms with Gasteiger partial charge in [0.25, 0.3) is 11.5 Å². The number of aryl methyl sites for hydroxylation is 1. The number of aromatic nitrogens is 4. The van der Waals surface area contributed by atoms with Gasteiger partial charge < -0.3 is 20.8 Å². The average Bonchev–Trinajstić information content (AvgIpc) is 3.53. The molecule has 3 aromatic heterocycles. The van der Waals surface area contributed by atoms with Crippen molar-refractivity contribution in [2.75, 3.05) is 24.2 Å². The molecule has 2 aliphatic rings. The molecule has 0 saturated heterocycles. The van der Waals surface area contributed by atoms with E-state index in [1.54, 1.807) is 6.07 Å². The molecule has 0 radical (unpaired) electrons. The van der Waals surface area contributed by atoms with E-state index in [1.807, 2.05) is 17.8 Å². The van der Waals surface area contributed by atoms with Crippen LogP contribution in [0.25, 0.3) is 11.3 Å². The molecule has 6 rings (SSSR count). The smallest absolute Gasteiger partial charge is 0.287 e. The Morgan fingerprint density at radius 2 is 2.03 bits per heavy atom. The Kier molecular flexibility index (Phi) is 6.51. The van der Waals surface area contributed by atoms with E-state index in [9.17, 15) is 24.2 Å². The maximum absolute atomic E-state index is 14.7. The molecule has 0 bridgehead atoms. The van der Waals surface area contributed by atoms with E-state index in [0.717, 1.165) is 30.2 Å². The monoisotopic (exact) mass is 551 g/mol. The van der Waals surface area contributed by atoms with Crippen LogP contribution in [0.2, 0.25) is 0 Å². The number of fused-ring (bicyclic) bond motifs is 2. The second kappa shape index (κ2) is 10.0. The van der Waals surface area contributed by atoms with Crippen LogP contribution in [0.3, 0.4) is 0 Å². The third-order valence-corrected chi connectivity index (χ3v) is 8.19. The van der Waals surface area contributed by atoms with Gasteiger partial charge in [0.1, 0.15) is 17.6 Å². The minimum atomic E-state index is -1.05. The van der Waals surface area contributed by atoms with Crippen LogP contribution in [0, 0.1) is 5.82 Å². The Balaban J connectivity index is 1.23. The highest BCUT2D eigenvalue weighted by Crippen LogP contribution is 2.36. The maximum atomic E-state index is 14.7. The van der Waals surface area contributed by atoms with Gasteiger partial charge in [0.15, 0.2) is 5.82 Å². The van der Waals surface area contributed by atoms with Crippen LogP contribution in [0.5, 0.6) is 0 Å². The Morgan fingerprint density at radius 1 is 1.18 bits per heavy atom. The number of anilines is 3. The Hall–Kier alpha value is -3.91. The minimum absolute atomic E-state index is 0.0575. The van der Waals surface area contributed by atoms with E-state index in [4.69, 9.17) is 0 Å². The molecule has 4 aromatic rings. The first-order valence-corrected chi connectivity index (χ1v) is 13.3. The molecule has 0 saturated carbocycles. The van der Waals surface area contributed by atoms with Crippen LogP contribution < -0.4 is 16.2 Å². The van der Waals surface area contributed by atoms with E-state index in [-0.39, 0.29) is 11.4 Å². The predicted octanol–water partition coefficient (Wildman–Crippen LogP) is 2.62. The number of benzene rings is 1. The minimum Gasteiger partial charge on any atom is -0.390 e. The second-order valence-electron chi connectivity index (χ2n) is 9.79. The first-order valence-electron chi connectivity index (χ1n) is 12.5. The van der Waals surface area contributed by atoms with Crippen LogP contribution in [0.4, 0.5) is 21.6 Å². The standard InChI is InChI=1S/C26H26FN7O4S/c1-33-6-7-34-14(12-33)9-23(32-34)28-19-11-17(30-31-25(19)37)13-2-3-16(27)18(8-13)29-26(38)22-10-15-21(39-22)5-4-20(35)24(15)36/h2-3,8-11,20,24,35-36H,4-7,12H2,1H3,(H,29,38)(H,31,37)(H,28,30,32)/t20-,24-/m1/s1. The van der Waals surface area contributed by atoms with Crippen LogP contribution in [-0.4, -0.2) is 60.7 Å². The van der Waals surface area contributed by atoms with Gasteiger partial charge in [-0.15, -0.1) is 11.3 Å². The van der Waals surface area contributed by atoms with Gasteiger partial charge in [-0.3, -0.25) is 19.2 Å². The third-order valence-electron chi connectivity index (χ3n) is 6.98. The Labute approximate surface area is 225 Å². The molecule has 11 nitrogen and oxygen atoms in total. The van der Waals surface area contributed by atoms with Gasteiger partial charge in [0.05, 0.1) is 34.6 Å². The van der Waals surface area contributed by atoms with Gasteiger partial charge >= 0.3 is 0 Å². The molecule has 1 aliphatic carbocycles. The summed E-state index contributed by atoms with van der Waals surface area (Å²) >= 11 is 1.21. The van der Waals surface area contributed by atoms with Crippen LogP contribution in [0.15, 0.2) is 41.2 Å². The summed E-state index contributed by atoms with van der Waals surface area (Å²) in [6.07, 6.45) is -0.949. The number of nitrogens with one attached hydrogen (secondary N) is 3. The van der Waals surface area contributed by atoms with Crippen molar-refractivity contribution in [3.63, 3.8) is 0 Å². The van der Waals surface area contributed by atoms with E-state index in [1.165, 1.54) is 35.6 Å². The van der Waals surface area contributed by atoms with Crippen molar-refractivity contribution < 1.29 is 19.4 Å². The highest BCUT2D eigenvalue weighted by atomic mass is 32.1. The topological polar surface area (TPSA) is 148 Å². The molecule has 39 heavy (non-hydrogen) atoms. The summed E-state index contributed by atoms with van der Waals surface area (Å²) in [5.74, 6) is -0.634. The zero-order valence-corrected chi connectivity index (χ0v) is 21.8. The number of amides is 1. The number of hydrogen-bond donors (Lipinski definition) is 5. The lowest BCUT2D eigenvalue weighted by Crippen LogP contribution is -2.30. The van der Waals surface area contributed by atoms with Crippen molar-refractivity contribution in [1.82, 2.24) is 24.9 Å². The van der Waals surface area contributed by atoms with Crippen molar-refractivity contribution in [2.45, 2.75) is 38.1 Å². The largest absolute Gasteiger partial charge is 0.390 e. The van der Waals surface area contributed by atoms with E-state index in [0.29, 0.717) is 40.4 Å². The summed E-state index contributed by atoms with van der Waals surface area (Å²) in [5.41, 5.74) is 2.13. The first-order chi connectivity index (χ1) is 18.7.